The van der Waals surface area contributed by atoms with Crippen LogP contribution in [0.2, 0.25) is 0 Å². The van der Waals surface area contributed by atoms with Gasteiger partial charge in [-0.1, -0.05) is 27.2 Å². The zero-order chi connectivity index (χ0) is 12.3. The average Bonchev–Trinajstić information content (AvgIpc) is 2.80. The predicted molar refractivity (Wildman–Crippen MR) is 74.2 cm³/mol. The second kappa shape index (κ2) is 6.19. The Morgan fingerprint density at radius 3 is 2.35 bits per heavy atom. The van der Waals surface area contributed by atoms with Gasteiger partial charge in [-0.15, -0.1) is 0 Å². The summed E-state index contributed by atoms with van der Waals surface area (Å²) >= 11 is 0. The molecule has 2 rings (SSSR count). The van der Waals surface area contributed by atoms with Gasteiger partial charge in [-0.2, -0.15) is 0 Å². The maximum atomic E-state index is 3.54. The zero-order valence-electron chi connectivity index (χ0n) is 11.9. The highest BCUT2D eigenvalue weighted by Crippen LogP contribution is 2.34. The quantitative estimate of drug-likeness (QED) is 0.810. The monoisotopic (exact) mass is 238 g/mol. The fourth-order valence-electron chi connectivity index (χ4n) is 4.07. The molecule has 100 valence electrons. The molecule has 0 radical (unpaired) electrons. The number of nitrogens with one attached hydrogen (secondary N) is 1. The van der Waals surface area contributed by atoms with Gasteiger partial charge >= 0.3 is 0 Å². The summed E-state index contributed by atoms with van der Waals surface area (Å²) in [7, 11) is 0. The molecule has 0 aromatic rings. The van der Waals surface area contributed by atoms with Gasteiger partial charge in [-0.3, -0.25) is 4.90 Å². The fraction of sp³-hybridized carbons (Fsp3) is 1.00. The summed E-state index contributed by atoms with van der Waals surface area (Å²) in [6.45, 7) is 11.0. The molecule has 0 aromatic carbocycles. The van der Waals surface area contributed by atoms with Crippen molar-refractivity contribution in [3.8, 4) is 0 Å². The molecule has 0 amide bonds. The smallest absolute Gasteiger partial charge is 0.0235 e. The molecule has 0 spiro atoms. The summed E-state index contributed by atoms with van der Waals surface area (Å²) in [6, 6.07) is 1.65. The van der Waals surface area contributed by atoms with Crippen molar-refractivity contribution < 1.29 is 0 Å². The van der Waals surface area contributed by atoms with Crippen LogP contribution in [-0.4, -0.2) is 36.6 Å². The van der Waals surface area contributed by atoms with Gasteiger partial charge in [-0.25, -0.2) is 0 Å². The van der Waals surface area contributed by atoms with Crippen LogP contribution in [0.5, 0.6) is 0 Å². The molecule has 2 fully saturated rings. The predicted octanol–water partition coefficient (Wildman–Crippen LogP) is 2.89. The van der Waals surface area contributed by atoms with Crippen LogP contribution in [0.1, 0.15) is 52.9 Å². The Hall–Kier alpha value is -0.0800. The van der Waals surface area contributed by atoms with Crippen molar-refractivity contribution in [3.05, 3.63) is 0 Å². The van der Waals surface area contributed by atoms with E-state index in [4.69, 9.17) is 0 Å². The van der Waals surface area contributed by atoms with E-state index in [1.54, 1.807) is 0 Å². The lowest BCUT2D eigenvalue weighted by molar-refractivity contribution is 0.0399. The normalized spacial score (nSPS) is 38.8. The van der Waals surface area contributed by atoms with E-state index in [9.17, 15) is 0 Å². The zero-order valence-corrected chi connectivity index (χ0v) is 11.9. The first kappa shape index (κ1) is 13.4. The van der Waals surface area contributed by atoms with Crippen LogP contribution in [0, 0.1) is 11.8 Å². The lowest BCUT2D eigenvalue weighted by Crippen LogP contribution is -2.51. The van der Waals surface area contributed by atoms with E-state index in [0.717, 1.165) is 23.9 Å². The molecule has 3 unspecified atom stereocenters. The standard InChI is InChI=1S/C15H30N2/c1-4-10-17(14-8-9-16-11-14)15-12(2)6-5-7-13(15)3/h12-16H,4-11H2,1-3H3. The molecule has 1 saturated carbocycles. The van der Waals surface area contributed by atoms with E-state index in [2.05, 4.69) is 31.0 Å². The minimum atomic E-state index is 0.808. The SMILES string of the molecule is CCCN(C1CCNC1)C1C(C)CCCC1C. The molecule has 1 aliphatic heterocycles. The molecule has 1 aliphatic carbocycles. The maximum absolute atomic E-state index is 3.54. The first-order valence-corrected chi connectivity index (χ1v) is 7.70. The molecular weight excluding hydrogens is 208 g/mol. The minimum Gasteiger partial charge on any atom is -0.315 e. The summed E-state index contributed by atoms with van der Waals surface area (Å²) < 4.78 is 0. The molecular formula is C15H30N2. The highest BCUT2D eigenvalue weighted by atomic mass is 15.2. The number of hydrogen-bond donors (Lipinski definition) is 1. The molecule has 0 bridgehead atoms. The highest BCUT2D eigenvalue weighted by molar-refractivity contribution is 4.91. The Morgan fingerprint density at radius 1 is 1.12 bits per heavy atom. The molecule has 2 heteroatoms. The Kier molecular flexibility index (Phi) is 4.87. The van der Waals surface area contributed by atoms with Gasteiger partial charge in [0.05, 0.1) is 0 Å². The van der Waals surface area contributed by atoms with Crippen molar-refractivity contribution in [3.63, 3.8) is 0 Å². The van der Waals surface area contributed by atoms with Gasteiger partial charge in [0.15, 0.2) is 0 Å². The van der Waals surface area contributed by atoms with Gasteiger partial charge in [0, 0.05) is 18.6 Å². The molecule has 3 atom stereocenters. The Morgan fingerprint density at radius 2 is 1.82 bits per heavy atom. The van der Waals surface area contributed by atoms with Gasteiger partial charge in [-0.05, 0) is 50.6 Å². The minimum absolute atomic E-state index is 0.808. The van der Waals surface area contributed by atoms with Crippen LogP contribution in [0.25, 0.3) is 0 Å². The van der Waals surface area contributed by atoms with Gasteiger partial charge < -0.3 is 5.32 Å². The van der Waals surface area contributed by atoms with Crippen LogP contribution in [0.15, 0.2) is 0 Å². The van der Waals surface area contributed by atoms with Gasteiger partial charge in [0.1, 0.15) is 0 Å². The third kappa shape index (κ3) is 3.03. The van der Waals surface area contributed by atoms with E-state index in [0.29, 0.717) is 0 Å². The summed E-state index contributed by atoms with van der Waals surface area (Å²) in [6.07, 6.45) is 6.98. The van der Waals surface area contributed by atoms with Crippen LogP contribution in [-0.2, 0) is 0 Å². The van der Waals surface area contributed by atoms with Crippen molar-refractivity contribution in [2.75, 3.05) is 19.6 Å². The molecule has 17 heavy (non-hydrogen) atoms. The number of rotatable bonds is 4. The van der Waals surface area contributed by atoms with Crippen molar-refractivity contribution in [2.24, 2.45) is 11.8 Å². The summed E-state index contributed by atoms with van der Waals surface area (Å²) in [5.74, 6) is 1.79. The summed E-state index contributed by atoms with van der Waals surface area (Å²) in [5.41, 5.74) is 0. The summed E-state index contributed by atoms with van der Waals surface area (Å²) in [5, 5.41) is 3.54. The Bertz CT molecular complexity index is 213. The van der Waals surface area contributed by atoms with Crippen molar-refractivity contribution in [1.29, 1.82) is 0 Å². The largest absolute Gasteiger partial charge is 0.315 e. The molecule has 2 aliphatic rings. The lowest BCUT2D eigenvalue weighted by Gasteiger charge is -2.45. The van der Waals surface area contributed by atoms with Crippen molar-refractivity contribution in [1.82, 2.24) is 10.2 Å². The molecule has 0 aromatic heterocycles. The molecule has 2 nitrogen and oxygen atoms in total. The van der Waals surface area contributed by atoms with Crippen LogP contribution >= 0.6 is 0 Å². The van der Waals surface area contributed by atoms with E-state index in [1.807, 2.05) is 0 Å². The Labute approximate surface area is 107 Å². The molecule has 1 N–H and O–H groups in total. The van der Waals surface area contributed by atoms with Gasteiger partial charge in [0.2, 0.25) is 0 Å². The number of hydrogen-bond acceptors (Lipinski definition) is 2. The maximum Gasteiger partial charge on any atom is 0.0235 e. The first-order valence-electron chi connectivity index (χ1n) is 7.70. The lowest BCUT2D eigenvalue weighted by atomic mass is 9.77. The molecule has 1 saturated heterocycles. The third-order valence-corrected chi connectivity index (χ3v) is 4.85. The van der Waals surface area contributed by atoms with E-state index < -0.39 is 0 Å². The van der Waals surface area contributed by atoms with Gasteiger partial charge in [0.25, 0.3) is 0 Å². The van der Waals surface area contributed by atoms with Crippen LogP contribution in [0.4, 0.5) is 0 Å². The molecule has 1 heterocycles. The Balaban J connectivity index is 2.06. The topological polar surface area (TPSA) is 15.3 Å². The average molecular weight is 238 g/mol. The van der Waals surface area contributed by atoms with E-state index in [-0.39, 0.29) is 0 Å². The fourth-order valence-corrected chi connectivity index (χ4v) is 4.07. The van der Waals surface area contributed by atoms with E-state index in [1.165, 1.54) is 51.7 Å². The summed E-state index contributed by atoms with van der Waals surface area (Å²) in [4.78, 5) is 2.86. The van der Waals surface area contributed by atoms with Crippen LogP contribution < -0.4 is 5.32 Å². The number of nitrogens with zero attached hydrogens (tertiary/aromatic N) is 1. The third-order valence-electron chi connectivity index (χ3n) is 4.85. The van der Waals surface area contributed by atoms with Crippen molar-refractivity contribution in [2.45, 2.75) is 65.0 Å². The van der Waals surface area contributed by atoms with E-state index >= 15 is 0 Å². The van der Waals surface area contributed by atoms with Crippen molar-refractivity contribution >= 4 is 0 Å². The highest BCUT2D eigenvalue weighted by Gasteiger charge is 2.36. The second-order valence-corrected chi connectivity index (χ2v) is 6.26. The van der Waals surface area contributed by atoms with Crippen LogP contribution in [0.3, 0.4) is 0 Å². The first-order chi connectivity index (χ1) is 8.24. The second-order valence-electron chi connectivity index (χ2n) is 6.26.